The normalized spacial score (nSPS) is 11.8. The Hall–Kier alpha value is -0.261. The van der Waals surface area contributed by atoms with E-state index in [0.717, 1.165) is 0 Å². The van der Waals surface area contributed by atoms with E-state index >= 15 is 0 Å². The topological polar surface area (TPSA) is 0 Å². The summed E-state index contributed by atoms with van der Waals surface area (Å²) in [6.07, 6.45) is 0. The van der Waals surface area contributed by atoms with Gasteiger partial charge in [-0.1, -0.05) is 0 Å². The summed E-state index contributed by atoms with van der Waals surface area (Å²) >= 11 is 2.64. The molecule has 0 aromatic heterocycles. The molecule has 0 amide bonds. The van der Waals surface area contributed by atoms with Crippen molar-refractivity contribution in [1.29, 1.82) is 0 Å². The van der Waals surface area contributed by atoms with Gasteiger partial charge in [-0.25, -0.2) is 0 Å². The molecule has 0 saturated carbocycles. The van der Waals surface area contributed by atoms with E-state index in [0.29, 0.717) is 0 Å². The van der Waals surface area contributed by atoms with Gasteiger partial charge in [-0.05, 0) is 0 Å². The van der Waals surface area contributed by atoms with Crippen molar-refractivity contribution in [3.63, 3.8) is 0 Å². The third-order valence-electron chi connectivity index (χ3n) is 1.96. The molecule has 1 aromatic rings. The van der Waals surface area contributed by atoms with Gasteiger partial charge in [-0.3, -0.25) is 0 Å². The van der Waals surface area contributed by atoms with E-state index in [9.17, 15) is 0 Å². The monoisotopic (exact) mass is 228 g/mol. The van der Waals surface area contributed by atoms with E-state index in [1.807, 2.05) is 0 Å². The molecule has 1 rings (SSSR count). The van der Waals surface area contributed by atoms with Crippen LogP contribution in [-0.2, 0) is 5.41 Å². The molecular weight excluding hydrogens is 211 g/mol. The van der Waals surface area contributed by atoms with Crippen LogP contribution in [0.2, 0.25) is 0 Å². The molecule has 0 spiro atoms. The average molecular weight is 227 g/mol. The molecule has 12 heavy (non-hydrogen) atoms. The Bertz CT molecular complexity index is 282. The number of rotatable bonds is 0. The van der Waals surface area contributed by atoms with E-state index in [4.69, 9.17) is 0 Å². The quantitative estimate of drug-likeness (QED) is 0.593. The van der Waals surface area contributed by atoms with Crippen LogP contribution in [0.25, 0.3) is 0 Å². The average Bonchev–Trinajstić information content (AvgIpc) is 1.92. The number of benzene rings is 1. The van der Waals surface area contributed by atoms with Crippen molar-refractivity contribution in [2.45, 2.75) is 33.1 Å². The first-order valence-electron chi connectivity index (χ1n) is 4.21. The van der Waals surface area contributed by atoms with Crippen LogP contribution < -0.4 is 4.46 Å². The van der Waals surface area contributed by atoms with E-state index in [2.05, 4.69) is 61.9 Å². The van der Waals surface area contributed by atoms with Crippen LogP contribution in [0, 0.1) is 6.92 Å². The number of hydrogen-bond acceptors (Lipinski definition) is 0. The van der Waals surface area contributed by atoms with Crippen molar-refractivity contribution in [1.82, 2.24) is 0 Å². The molecule has 0 N–H and O–H groups in total. The van der Waals surface area contributed by atoms with E-state index in [1.54, 1.807) is 0 Å². The minimum atomic E-state index is 0.258. The molecule has 66 valence electrons. The fraction of sp³-hybridized carbons (Fsp3) is 0.455. The van der Waals surface area contributed by atoms with Crippen LogP contribution in [-0.4, -0.2) is 16.0 Å². The van der Waals surface area contributed by atoms with Gasteiger partial charge in [0.05, 0.1) is 0 Å². The summed E-state index contributed by atoms with van der Waals surface area (Å²) in [5.41, 5.74) is 3.03. The van der Waals surface area contributed by atoms with Gasteiger partial charge < -0.3 is 0 Å². The summed E-state index contributed by atoms with van der Waals surface area (Å²) in [6, 6.07) is 6.60. The Labute approximate surface area is 83.2 Å². The van der Waals surface area contributed by atoms with Gasteiger partial charge in [0.1, 0.15) is 0 Å². The second-order valence-corrected chi connectivity index (χ2v) is 5.28. The molecule has 0 nitrogen and oxygen atoms in total. The fourth-order valence-electron chi connectivity index (χ4n) is 1.25. The first kappa shape index (κ1) is 9.82. The summed E-state index contributed by atoms with van der Waals surface area (Å²) in [4.78, 5) is 0. The molecule has 0 radical (unpaired) electrons. The summed E-state index contributed by atoms with van der Waals surface area (Å²) in [5, 5.41) is 0. The van der Waals surface area contributed by atoms with Gasteiger partial charge >= 0.3 is 82.9 Å². The predicted octanol–water partition coefficient (Wildman–Crippen LogP) is 1.82. The molecule has 0 aliphatic carbocycles. The van der Waals surface area contributed by atoms with Gasteiger partial charge in [-0.2, -0.15) is 0 Å². The van der Waals surface area contributed by atoms with Crippen molar-refractivity contribution in [3.05, 3.63) is 29.3 Å². The van der Waals surface area contributed by atoms with Gasteiger partial charge in [0, 0.05) is 0 Å². The van der Waals surface area contributed by atoms with Gasteiger partial charge in [0.15, 0.2) is 0 Å². The van der Waals surface area contributed by atoms with E-state index < -0.39 is 0 Å². The SMILES string of the molecule is Cc1ccc([SeH])c(C(C)(C)C)c1. The van der Waals surface area contributed by atoms with Crippen LogP contribution >= 0.6 is 0 Å². The second kappa shape index (κ2) is 3.24. The summed E-state index contributed by atoms with van der Waals surface area (Å²) < 4.78 is 1.33. The maximum absolute atomic E-state index is 2.64. The Morgan fingerprint density at radius 2 is 1.75 bits per heavy atom. The number of aryl methyl sites for hydroxylation is 1. The first-order valence-corrected chi connectivity index (χ1v) is 5.15. The maximum atomic E-state index is 2.64. The first-order chi connectivity index (χ1) is 5.41. The fourth-order valence-corrected chi connectivity index (χ4v) is 2.25. The summed E-state index contributed by atoms with van der Waals surface area (Å²) in [6.45, 7) is 8.89. The van der Waals surface area contributed by atoms with Crippen molar-refractivity contribution in [2.24, 2.45) is 0 Å². The zero-order chi connectivity index (χ0) is 9.35. The molecule has 0 atom stereocenters. The summed E-state index contributed by atoms with van der Waals surface area (Å²) in [7, 11) is 0. The van der Waals surface area contributed by atoms with Gasteiger partial charge in [0.25, 0.3) is 0 Å². The Kier molecular flexibility index (Phi) is 2.65. The van der Waals surface area contributed by atoms with Gasteiger partial charge in [0.2, 0.25) is 0 Å². The van der Waals surface area contributed by atoms with Crippen molar-refractivity contribution in [3.8, 4) is 0 Å². The number of hydrogen-bond donors (Lipinski definition) is 0. The molecular formula is C11H16Se. The zero-order valence-electron chi connectivity index (χ0n) is 8.18. The third kappa shape index (κ3) is 2.12. The van der Waals surface area contributed by atoms with Gasteiger partial charge in [-0.15, -0.1) is 0 Å². The molecule has 1 heteroatoms. The van der Waals surface area contributed by atoms with Crippen molar-refractivity contribution in [2.75, 3.05) is 0 Å². The Morgan fingerprint density at radius 1 is 1.17 bits per heavy atom. The standard InChI is InChI=1S/C11H16Se/c1-8-5-6-10(12)9(7-8)11(2,3)4/h5-7,12H,1-4H3. The van der Waals surface area contributed by atoms with Crippen LogP contribution in [0.15, 0.2) is 18.2 Å². The molecule has 0 bridgehead atoms. The third-order valence-corrected chi connectivity index (χ3v) is 2.78. The zero-order valence-corrected chi connectivity index (χ0v) is 10.1. The molecule has 1 aromatic carbocycles. The van der Waals surface area contributed by atoms with Crippen molar-refractivity contribution >= 4 is 20.5 Å². The molecule has 0 fully saturated rings. The molecule has 0 aliphatic rings. The van der Waals surface area contributed by atoms with E-state index in [-0.39, 0.29) is 5.41 Å². The molecule has 0 saturated heterocycles. The second-order valence-electron chi connectivity index (χ2n) is 4.27. The van der Waals surface area contributed by atoms with Crippen LogP contribution in [0.4, 0.5) is 0 Å². The van der Waals surface area contributed by atoms with E-state index in [1.165, 1.54) is 15.6 Å². The van der Waals surface area contributed by atoms with Crippen LogP contribution in [0.1, 0.15) is 31.9 Å². The molecule has 0 unspecified atom stereocenters. The molecule has 0 heterocycles. The summed E-state index contributed by atoms with van der Waals surface area (Å²) in [5.74, 6) is 0. The van der Waals surface area contributed by atoms with Crippen LogP contribution in [0.3, 0.4) is 0 Å². The Morgan fingerprint density at radius 3 is 2.17 bits per heavy atom. The predicted molar refractivity (Wildman–Crippen MR) is 56.7 cm³/mol. The van der Waals surface area contributed by atoms with Crippen molar-refractivity contribution < 1.29 is 0 Å². The minimum absolute atomic E-state index is 0.258. The molecule has 0 aliphatic heterocycles. The Balaban J connectivity index is 3.23. The van der Waals surface area contributed by atoms with Crippen LogP contribution in [0.5, 0.6) is 0 Å².